The van der Waals surface area contributed by atoms with Crippen LogP contribution in [0, 0.1) is 20.8 Å². The van der Waals surface area contributed by atoms with E-state index in [2.05, 4.69) is 31.1 Å². The quantitative estimate of drug-likeness (QED) is 0.780. The maximum Gasteiger partial charge on any atom is 0.269 e. The summed E-state index contributed by atoms with van der Waals surface area (Å²) in [6.07, 6.45) is 0. The fourth-order valence-corrected chi connectivity index (χ4v) is 1.84. The zero-order valence-corrected chi connectivity index (χ0v) is 10.1. The highest BCUT2D eigenvalue weighted by molar-refractivity contribution is 5.63. The Morgan fingerprint density at radius 1 is 1.12 bits per heavy atom. The third kappa shape index (κ3) is 1.58. The number of aryl methyl sites for hydroxylation is 3. The molecule has 2 aromatic rings. The molecule has 0 bridgehead atoms. The zero-order chi connectivity index (χ0) is 11.9. The second kappa shape index (κ2) is 3.67. The Morgan fingerprint density at radius 3 is 2.31 bits per heavy atom. The summed E-state index contributed by atoms with van der Waals surface area (Å²) in [7, 11) is 1.74. The van der Waals surface area contributed by atoms with Gasteiger partial charge in [-0.05, 0) is 38.0 Å². The molecule has 1 N–H and O–H groups in total. The summed E-state index contributed by atoms with van der Waals surface area (Å²) in [5.41, 5.74) is 5.29. The molecule has 0 aliphatic heterocycles. The Kier molecular flexibility index (Phi) is 2.46. The Morgan fingerprint density at radius 2 is 1.81 bits per heavy atom. The Bertz CT molecular complexity index is 590. The first kappa shape index (κ1) is 10.7. The number of nitrogens with zero attached hydrogens (tertiary/aromatic N) is 1. The molecule has 3 heteroatoms. The standard InChI is InChI=1S/C13H16N2O/c1-8-5-6-11(7-9(8)2)12-10(3)13(16)15(4)14-12/h5-7,14H,1-4H3. The van der Waals surface area contributed by atoms with Crippen LogP contribution in [0.4, 0.5) is 0 Å². The lowest BCUT2D eigenvalue weighted by Gasteiger charge is -2.04. The molecule has 0 amide bonds. The van der Waals surface area contributed by atoms with Crippen molar-refractivity contribution in [3.8, 4) is 11.3 Å². The molecular weight excluding hydrogens is 200 g/mol. The lowest BCUT2D eigenvalue weighted by atomic mass is 10.0. The van der Waals surface area contributed by atoms with Gasteiger partial charge in [-0.2, -0.15) is 0 Å². The van der Waals surface area contributed by atoms with Crippen LogP contribution < -0.4 is 5.56 Å². The molecule has 0 spiro atoms. The summed E-state index contributed by atoms with van der Waals surface area (Å²) in [6.45, 7) is 6.01. The first-order valence-corrected chi connectivity index (χ1v) is 5.34. The van der Waals surface area contributed by atoms with Crippen LogP contribution in [0.5, 0.6) is 0 Å². The van der Waals surface area contributed by atoms with Gasteiger partial charge < -0.3 is 0 Å². The smallest absolute Gasteiger partial charge is 0.269 e. The molecular formula is C13H16N2O. The van der Waals surface area contributed by atoms with E-state index in [0.717, 1.165) is 16.8 Å². The van der Waals surface area contributed by atoms with Gasteiger partial charge in [-0.25, -0.2) is 0 Å². The molecule has 1 heterocycles. The molecule has 16 heavy (non-hydrogen) atoms. The molecule has 0 fully saturated rings. The van der Waals surface area contributed by atoms with Crippen molar-refractivity contribution in [3.63, 3.8) is 0 Å². The van der Waals surface area contributed by atoms with E-state index in [4.69, 9.17) is 0 Å². The van der Waals surface area contributed by atoms with Gasteiger partial charge in [0.15, 0.2) is 0 Å². The van der Waals surface area contributed by atoms with Gasteiger partial charge in [-0.3, -0.25) is 14.6 Å². The van der Waals surface area contributed by atoms with Crippen molar-refractivity contribution in [2.75, 3.05) is 0 Å². The minimum atomic E-state index is 0.0354. The summed E-state index contributed by atoms with van der Waals surface area (Å²) in [4.78, 5) is 11.6. The monoisotopic (exact) mass is 216 g/mol. The highest BCUT2D eigenvalue weighted by Gasteiger charge is 2.09. The summed E-state index contributed by atoms with van der Waals surface area (Å²) >= 11 is 0. The van der Waals surface area contributed by atoms with E-state index in [1.54, 1.807) is 7.05 Å². The van der Waals surface area contributed by atoms with Gasteiger partial charge in [-0.1, -0.05) is 12.1 Å². The van der Waals surface area contributed by atoms with Crippen LogP contribution in [0.2, 0.25) is 0 Å². The topological polar surface area (TPSA) is 37.8 Å². The number of nitrogens with one attached hydrogen (secondary N) is 1. The summed E-state index contributed by atoms with van der Waals surface area (Å²) in [5, 5.41) is 3.08. The number of hydrogen-bond acceptors (Lipinski definition) is 1. The van der Waals surface area contributed by atoms with Crippen LogP contribution in [0.1, 0.15) is 16.7 Å². The molecule has 0 unspecified atom stereocenters. The van der Waals surface area contributed by atoms with Gasteiger partial charge in [0.2, 0.25) is 0 Å². The van der Waals surface area contributed by atoms with E-state index in [9.17, 15) is 4.79 Å². The van der Waals surface area contributed by atoms with E-state index < -0.39 is 0 Å². The van der Waals surface area contributed by atoms with Crippen molar-refractivity contribution in [1.29, 1.82) is 0 Å². The Balaban J connectivity index is 2.63. The zero-order valence-electron chi connectivity index (χ0n) is 10.1. The number of rotatable bonds is 1. The number of aromatic nitrogens is 2. The summed E-state index contributed by atoms with van der Waals surface area (Å²) in [6, 6.07) is 6.23. The van der Waals surface area contributed by atoms with E-state index in [-0.39, 0.29) is 5.56 Å². The molecule has 1 aromatic carbocycles. The average molecular weight is 216 g/mol. The molecule has 0 atom stereocenters. The molecule has 0 radical (unpaired) electrons. The average Bonchev–Trinajstić information content (AvgIpc) is 2.50. The molecule has 2 rings (SSSR count). The van der Waals surface area contributed by atoms with Crippen LogP contribution in [-0.4, -0.2) is 9.78 Å². The molecule has 84 valence electrons. The highest BCUT2D eigenvalue weighted by Crippen LogP contribution is 2.21. The molecule has 0 saturated heterocycles. The van der Waals surface area contributed by atoms with Crippen LogP contribution in [0.25, 0.3) is 11.3 Å². The second-order valence-electron chi connectivity index (χ2n) is 4.28. The van der Waals surface area contributed by atoms with Crippen molar-refractivity contribution in [2.24, 2.45) is 7.05 Å². The lowest BCUT2D eigenvalue weighted by molar-refractivity contribution is 0.741. The molecule has 0 aliphatic rings. The fourth-order valence-electron chi connectivity index (χ4n) is 1.84. The van der Waals surface area contributed by atoms with Crippen LogP contribution >= 0.6 is 0 Å². The summed E-state index contributed by atoms with van der Waals surface area (Å²) in [5.74, 6) is 0. The Hall–Kier alpha value is -1.77. The highest BCUT2D eigenvalue weighted by atomic mass is 16.1. The molecule has 1 aromatic heterocycles. The van der Waals surface area contributed by atoms with Crippen molar-refractivity contribution in [2.45, 2.75) is 20.8 Å². The molecule has 0 saturated carbocycles. The number of hydrogen-bond donors (Lipinski definition) is 1. The van der Waals surface area contributed by atoms with E-state index in [1.807, 2.05) is 13.0 Å². The predicted molar refractivity (Wildman–Crippen MR) is 65.7 cm³/mol. The van der Waals surface area contributed by atoms with E-state index in [0.29, 0.717) is 0 Å². The second-order valence-corrected chi connectivity index (χ2v) is 4.28. The maximum absolute atomic E-state index is 11.6. The number of aromatic amines is 1. The summed E-state index contributed by atoms with van der Waals surface area (Å²) < 4.78 is 1.51. The van der Waals surface area contributed by atoms with Gasteiger partial charge in [0.05, 0.1) is 5.69 Å². The lowest BCUT2D eigenvalue weighted by Crippen LogP contribution is -2.12. The normalized spacial score (nSPS) is 10.8. The molecule has 3 nitrogen and oxygen atoms in total. The van der Waals surface area contributed by atoms with Gasteiger partial charge in [0.25, 0.3) is 5.56 Å². The first-order valence-electron chi connectivity index (χ1n) is 5.34. The third-order valence-electron chi connectivity index (χ3n) is 3.08. The van der Waals surface area contributed by atoms with Crippen molar-refractivity contribution in [1.82, 2.24) is 9.78 Å². The van der Waals surface area contributed by atoms with Crippen molar-refractivity contribution >= 4 is 0 Å². The third-order valence-corrected chi connectivity index (χ3v) is 3.08. The largest absolute Gasteiger partial charge is 0.295 e. The van der Waals surface area contributed by atoms with Gasteiger partial charge in [-0.15, -0.1) is 0 Å². The van der Waals surface area contributed by atoms with Gasteiger partial charge in [0, 0.05) is 18.2 Å². The maximum atomic E-state index is 11.6. The number of H-pyrrole nitrogens is 1. The van der Waals surface area contributed by atoms with E-state index >= 15 is 0 Å². The van der Waals surface area contributed by atoms with Gasteiger partial charge in [0.1, 0.15) is 0 Å². The molecule has 0 aliphatic carbocycles. The minimum Gasteiger partial charge on any atom is -0.295 e. The fraction of sp³-hybridized carbons (Fsp3) is 0.308. The minimum absolute atomic E-state index is 0.0354. The van der Waals surface area contributed by atoms with Crippen LogP contribution in [-0.2, 0) is 7.05 Å². The predicted octanol–water partition coefficient (Wildman–Crippen LogP) is 2.31. The number of benzene rings is 1. The van der Waals surface area contributed by atoms with Crippen molar-refractivity contribution < 1.29 is 0 Å². The van der Waals surface area contributed by atoms with Crippen LogP contribution in [0.15, 0.2) is 23.0 Å². The first-order chi connectivity index (χ1) is 7.50. The van der Waals surface area contributed by atoms with E-state index in [1.165, 1.54) is 15.8 Å². The van der Waals surface area contributed by atoms with Gasteiger partial charge >= 0.3 is 0 Å². The SMILES string of the molecule is Cc1ccc(-c2[nH]n(C)c(=O)c2C)cc1C. The van der Waals surface area contributed by atoms with Crippen LogP contribution in [0.3, 0.4) is 0 Å². The van der Waals surface area contributed by atoms with Crippen molar-refractivity contribution in [3.05, 3.63) is 45.2 Å². The Labute approximate surface area is 94.7 Å².